The molecule has 0 saturated heterocycles. The molecule has 0 aromatic heterocycles. The molecule has 18 heavy (non-hydrogen) atoms. The van der Waals surface area contributed by atoms with E-state index in [4.69, 9.17) is 15.2 Å². The van der Waals surface area contributed by atoms with Crippen LogP contribution in [0.15, 0.2) is 0 Å². The summed E-state index contributed by atoms with van der Waals surface area (Å²) >= 11 is 0. The molecule has 1 aliphatic carbocycles. The van der Waals surface area contributed by atoms with Crippen molar-refractivity contribution in [2.24, 2.45) is 5.73 Å². The smallest absolute Gasteiger partial charge is 0.0988 e. The molecular formula is C15H31NO2. The molecule has 0 aliphatic heterocycles. The molecule has 1 aliphatic rings. The second-order valence-electron chi connectivity index (χ2n) is 5.57. The Hall–Kier alpha value is -0.120. The largest absolute Gasteiger partial charge is 0.374 e. The lowest BCUT2D eigenvalue weighted by Crippen LogP contribution is -2.58. The second-order valence-corrected chi connectivity index (χ2v) is 5.57. The lowest BCUT2D eigenvalue weighted by atomic mass is 9.86. The topological polar surface area (TPSA) is 44.5 Å². The van der Waals surface area contributed by atoms with E-state index >= 15 is 0 Å². The lowest BCUT2D eigenvalue weighted by Gasteiger charge is -2.43. The first kappa shape index (κ1) is 15.9. The summed E-state index contributed by atoms with van der Waals surface area (Å²) in [5, 5.41) is 0. The molecule has 0 aromatic carbocycles. The fraction of sp³-hybridized carbons (Fsp3) is 1.00. The van der Waals surface area contributed by atoms with Gasteiger partial charge >= 0.3 is 0 Å². The lowest BCUT2D eigenvalue weighted by molar-refractivity contribution is -0.159. The summed E-state index contributed by atoms with van der Waals surface area (Å²) in [6, 6.07) is 0.175. The molecule has 108 valence electrons. The van der Waals surface area contributed by atoms with E-state index in [2.05, 4.69) is 20.8 Å². The fourth-order valence-electron chi connectivity index (χ4n) is 2.46. The molecular weight excluding hydrogens is 226 g/mol. The Morgan fingerprint density at radius 1 is 1.17 bits per heavy atom. The van der Waals surface area contributed by atoms with Crippen LogP contribution in [0, 0.1) is 0 Å². The third kappa shape index (κ3) is 5.25. The zero-order valence-corrected chi connectivity index (χ0v) is 12.4. The van der Waals surface area contributed by atoms with Crippen molar-refractivity contribution in [1.82, 2.24) is 0 Å². The third-order valence-electron chi connectivity index (χ3n) is 3.68. The van der Waals surface area contributed by atoms with E-state index in [1.54, 1.807) is 0 Å². The van der Waals surface area contributed by atoms with Gasteiger partial charge in [0.25, 0.3) is 0 Å². The number of rotatable bonds is 10. The molecule has 0 spiro atoms. The van der Waals surface area contributed by atoms with Gasteiger partial charge in [-0.1, -0.05) is 39.5 Å². The van der Waals surface area contributed by atoms with Crippen LogP contribution in [0.25, 0.3) is 0 Å². The maximum Gasteiger partial charge on any atom is 0.0988 e. The second kappa shape index (κ2) is 8.89. The summed E-state index contributed by atoms with van der Waals surface area (Å²) in [5.74, 6) is 0. The molecule has 1 rings (SSSR count). The number of nitrogens with two attached hydrogens (primary N) is 1. The van der Waals surface area contributed by atoms with Gasteiger partial charge in [-0.15, -0.1) is 0 Å². The Morgan fingerprint density at radius 3 is 2.56 bits per heavy atom. The Morgan fingerprint density at radius 2 is 1.94 bits per heavy atom. The van der Waals surface area contributed by atoms with Crippen LogP contribution in [0.5, 0.6) is 0 Å². The molecule has 0 bridgehead atoms. The third-order valence-corrected chi connectivity index (χ3v) is 3.68. The molecule has 2 N–H and O–H groups in total. The first-order valence-corrected chi connectivity index (χ1v) is 7.71. The predicted molar refractivity (Wildman–Crippen MR) is 75.7 cm³/mol. The van der Waals surface area contributed by atoms with Crippen molar-refractivity contribution in [3.05, 3.63) is 0 Å². The Labute approximate surface area is 112 Å². The van der Waals surface area contributed by atoms with E-state index in [0.29, 0.717) is 6.10 Å². The van der Waals surface area contributed by atoms with E-state index in [1.165, 1.54) is 25.7 Å². The monoisotopic (exact) mass is 257 g/mol. The van der Waals surface area contributed by atoms with Crippen LogP contribution in [0.4, 0.5) is 0 Å². The SMILES string of the molecule is CCCCCCC(C)OC1CC(N)C1OCCC. The van der Waals surface area contributed by atoms with Crippen LogP contribution in [-0.4, -0.2) is 31.0 Å². The highest BCUT2D eigenvalue weighted by molar-refractivity contribution is 4.95. The van der Waals surface area contributed by atoms with E-state index in [-0.39, 0.29) is 18.2 Å². The maximum absolute atomic E-state index is 6.04. The van der Waals surface area contributed by atoms with Gasteiger partial charge in [-0.05, 0) is 26.2 Å². The molecule has 4 atom stereocenters. The van der Waals surface area contributed by atoms with Gasteiger partial charge < -0.3 is 15.2 Å². The average Bonchev–Trinajstić information content (AvgIpc) is 2.34. The van der Waals surface area contributed by atoms with Gasteiger partial charge in [-0.3, -0.25) is 0 Å². The normalized spacial score (nSPS) is 29.0. The highest BCUT2D eigenvalue weighted by Gasteiger charge is 2.41. The molecule has 0 aromatic rings. The standard InChI is InChI=1S/C15H31NO2/c1-4-6-7-8-9-12(3)18-14-11-13(16)15(14)17-10-5-2/h12-15H,4-11,16H2,1-3H3. The van der Waals surface area contributed by atoms with Crippen LogP contribution in [-0.2, 0) is 9.47 Å². The minimum absolute atomic E-state index is 0.128. The van der Waals surface area contributed by atoms with Gasteiger partial charge in [0.05, 0.1) is 18.3 Å². The molecule has 3 heteroatoms. The summed E-state index contributed by atoms with van der Waals surface area (Å²) in [6.45, 7) is 7.33. The summed E-state index contributed by atoms with van der Waals surface area (Å²) < 4.78 is 11.8. The van der Waals surface area contributed by atoms with Crippen molar-refractivity contribution < 1.29 is 9.47 Å². The molecule has 0 radical (unpaired) electrons. The Kier molecular flexibility index (Phi) is 7.87. The van der Waals surface area contributed by atoms with Crippen LogP contribution in [0.3, 0.4) is 0 Å². The molecule has 1 fully saturated rings. The highest BCUT2D eigenvalue weighted by atomic mass is 16.6. The number of hydrogen-bond acceptors (Lipinski definition) is 3. The van der Waals surface area contributed by atoms with Crippen LogP contribution in [0.1, 0.15) is 65.7 Å². The van der Waals surface area contributed by atoms with Crippen LogP contribution < -0.4 is 5.73 Å². The van der Waals surface area contributed by atoms with Crippen LogP contribution in [0.2, 0.25) is 0 Å². The van der Waals surface area contributed by atoms with Gasteiger partial charge in [-0.25, -0.2) is 0 Å². The first-order chi connectivity index (χ1) is 8.69. The number of ether oxygens (including phenoxy) is 2. The summed E-state index contributed by atoms with van der Waals surface area (Å²) in [4.78, 5) is 0. The number of unbranched alkanes of at least 4 members (excludes halogenated alkanes) is 3. The van der Waals surface area contributed by atoms with Gasteiger partial charge in [0.1, 0.15) is 0 Å². The van der Waals surface area contributed by atoms with E-state index in [0.717, 1.165) is 25.9 Å². The van der Waals surface area contributed by atoms with E-state index in [1.807, 2.05) is 0 Å². The van der Waals surface area contributed by atoms with Crippen molar-refractivity contribution in [2.75, 3.05) is 6.61 Å². The predicted octanol–water partition coefficient (Wildman–Crippen LogP) is 3.26. The van der Waals surface area contributed by atoms with Gasteiger partial charge in [-0.2, -0.15) is 0 Å². The quantitative estimate of drug-likeness (QED) is 0.611. The van der Waals surface area contributed by atoms with Gasteiger partial charge in [0.2, 0.25) is 0 Å². The van der Waals surface area contributed by atoms with Crippen molar-refractivity contribution in [1.29, 1.82) is 0 Å². The van der Waals surface area contributed by atoms with Gasteiger partial charge in [0.15, 0.2) is 0 Å². The van der Waals surface area contributed by atoms with Crippen molar-refractivity contribution >= 4 is 0 Å². The van der Waals surface area contributed by atoms with E-state index < -0.39 is 0 Å². The zero-order chi connectivity index (χ0) is 13.4. The molecule has 0 amide bonds. The van der Waals surface area contributed by atoms with Gasteiger partial charge in [0, 0.05) is 12.6 Å². The molecule has 4 unspecified atom stereocenters. The average molecular weight is 257 g/mol. The molecule has 3 nitrogen and oxygen atoms in total. The Balaban J connectivity index is 2.13. The van der Waals surface area contributed by atoms with Crippen molar-refractivity contribution in [3.63, 3.8) is 0 Å². The van der Waals surface area contributed by atoms with E-state index in [9.17, 15) is 0 Å². The Bertz CT molecular complexity index is 211. The summed E-state index contributed by atoms with van der Waals surface area (Å²) in [7, 11) is 0. The van der Waals surface area contributed by atoms with Crippen molar-refractivity contribution in [2.45, 2.75) is 90.1 Å². The van der Waals surface area contributed by atoms with Crippen LogP contribution >= 0.6 is 0 Å². The molecule has 1 saturated carbocycles. The maximum atomic E-state index is 6.04. The summed E-state index contributed by atoms with van der Waals surface area (Å²) in [5.41, 5.74) is 5.96. The first-order valence-electron chi connectivity index (χ1n) is 7.71. The summed E-state index contributed by atoms with van der Waals surface area (Å²) in [6.07, 6.45) is 9.08. The fourth-order valence-corrected chi connectivity index (χ4v) is 2.46. The van der Waals surface area contributed by atoms with Crippen molar-refractivity contribution in [3.8, 4) is 0 Å². The minimum atomic E-state index is 0.128. The zero-order valence-electron chi connectivity index (χ0n) is 12.4. The minimum Gasteiger partial charge on any atom is -0.374 e. The molecule has 0 heterocycles. The number of hydrogen-bond donors (Lipinski definition) is 1. The highest BCUT2D eigenvalue weighted by Crippen LogP contribution is 2.27.